The van der Waals surface area contributed by atoms with Crippen molar-refractivity contribution >= 4 is 34.8 Å². The summed E-state index contributed by atoms with van der Waals surface area (Å²) in [6.45, 7) is 2.08. The average Bonchev–Trinajstić information content (AvgIpc) is 3.20. The number of benzene rings is 1. The second-order valence-electron chi connectivity index (χ2n) is 5.88. The van der Waals surface area contributed by atoms with E-state index in [9.17, 15) is 9.18 Å². The topological polar surface area (TPSA) is 54.0 Å². The molecule has 0 bridgehead atoms. The summed E-state index contributed by atoms with van der Waals surface area (Å²) in [4.78, 5) is 17.3. The van der Waals surface area contributed by atoms with Gasteiger partial charge in [0.2, 0.25) is 5.91 Å². The van der Waals surface area contributed by atoms with Gasteiger partial charge in [0, 0.05) is 23.9 Å². The Hall–Kier alpha value is -1.50. The van der Waals surface area contributed by atoms with Crippen LogP contribution in [0, 0.1) is 11.7 Å². The minimum absolute atomic E-state index is 0. The Labute approximate surface area is 151 Å². The number of rotatable bonds is 6. The maximum absolute atomic E-state index is 12.9. The molecular formula is C17H21ClFN3OS. The number of aromatic nitrogens is 1. The first-order valence-corrected chi connectivity index (χ1v) is 8.70. The van der Waals surface area contributed by atoms with Gasteiger partial charge < -0.3 is 10.6 Å². The molecule has 1 unspecified atom stereocenters. The van der Waals surface area contributed by atoms with Crippen molar-refractivity contribution in [2.75, 3.05) is 18.4 Å². The van der Waals surface area contributed by atoms with E-state index in [1.165, 1.54) is 23.5 Å². The number of thiazole rings is 1. The second-order valence-corrected chi connectivity index (χ2v) is 7.00. The smallest absolute Gasteiger partial charge is 0.226 e. The lowest BCUT2D eigenvalue weighted by Gasteiger charge is -2.06. The van der Waals surface area contributed by atoms with E-state index in [0.29, 0.717) is 23.9 Å². The molecule has 2 aromatic rings. The molecule has 0 aliphatic carbocycles. The van der Waals surface area contributed by atoms with Crippen LogP contribution in [0.5, 0.6) is 0 Å². The summed E-state index contributed by atoms with van der Waals surface area (Å²) >= 11 is 1.47. The van der Waals surface area contributed by atoms with Gasteiger partial charge in [0.15, 0.2) is 5.13 Å². The van der Waals surface area contributed by atoms with Gasteiger partial charge in [0.05, 0.1) is 0 Å². The van der Waals surface area contributed by atoms with E-state index < -0.39 is 0 Å². The molecule has 130 valence electrons. The number of nitrogens with zero attached hydrogens (tertiary/aromatic N) is 1. The minimum atomic E-state index is -0.233. The normalized spacial score (nSPS) is 16.6. The first-order chi connectivity index (χ1) is 11.2. The summed E-state index contributed by atoms with van der Waals surface area (Å²) in [5.41, 5.74) is 1.03. The van der Waals surface area contributed by atoms with Crippen LogP contribution in [-0.2, 0) is 11.2 Å². The van der Waals surface area contributed by atoms with E-state index in [1.807, 2.05) is 0 Å². The van der Waals surface area contributed by atoms with E-state index in [2.05, 4.69) is 15.6 Å². The van der Waals surface area contributed by atoms with Crippen molar-refractivity contribution in [1.29, 1.82) is 0 Å². The van der Waals surface area contributed by atoms with Gasteiger partial charge in [-0.05, 0) is 49.5 Å². The monoisotopic (exact) mass is 369 g/mol. The SMILES string of the molecule is Cl.O=C(CCC1CCNC1)Nc1ncc(Cc2ccc(F)cc2)s1. The number of anilines is 1. The van der Waals surface area contributed by atoms with Crippen LogP contribution in [-0.4, -0.2) is 24.0 Å². The maximum atomic E-state index is 12.9. The summed E-state index contributed by atoms with van der Waals surface area (Å²) in [6, 6.07) is 6.44. The van der Waals surface area contributed by atoms with Gasteiger partial charge in [-0.25, -0.2) is 9.37 Å². The van der Waals surface area contributed by atoms with Crippen LogP contribution in [0.3, 0.4) is 0 Å². The van der Waals surface area contributed by atoms with Crippen LogP contribution < -0.4 is 10.6 Å². The molecule has 2 heterocycles. The Kier molecular flexibility index (Phi) is 7.15. The van der Waals surface area contributed by atoms with Crippen molar-refractivity contribution < 1.29 is 9.18 Å². The van der Waals surface area contributed by atoms with Crippen LogP contribution in [0.2, 0.25) is 0 Å². The molecule has 0 radical (unpaired) electrons. The van der Waals surface area contributed by atoms with Crippen LogP contribution in [0.1, 0.15) is 29.7 Å². The highest BCUT2D eigenvalue weighted by atomic mass is 35.5. The third kappa shape index (κ3) is 5.54. The number of halogens is 2. The predicted octanol–water partition coefficient (Wildman–Crippen LogP) is 3.62. The molecule has 4 nitrogen and oxygen atoms in total. The molecular weight excluding hydrogens is 349 g/mol. The Balaban J connectivity index is 0.00000208. The lowest BCUT2D eigenvalue weighted by Crippen LogP contribution is -2.14. The molecule has 1 fully saturated rings. The number of carbonyl (C=O) groups excluding carboxylic acids is 1. The molecule has 24 heavy (non-hydrogen) atoms. The van der Waals surface area contributed by atoms with Crippen molar-refractivity contribution in [2.45, 2.75) is 25.7 Å². The molecule has 1 aliphatic heterocycles. The molecule has 1 aliphatic rings. The largest absolute Gasteiger partial charge is 0.316 e. The van der Waals surface area contributed by atoms with Gasteiger partial charge >= 0.3 is 0 Å². The number of amides is 1. The minimum Gasteiger partial charge on any atom is -0.316 e. The van der Waals surface area contributed by atoms with Gasteiger partial charge in [-0.15, -0.1) is 23.7 Å². The summed E-state index contributed by atoms with van der Waals surface area (Å²) in [5, 5.41) is 6.82. The predicted molar refractivity (Wildman–Crippen MR) is 97.4 cm³/mol. The highest BCUT2D eigenvalue weighted by Crippen LogP contribution is 2.22. The zero-order valence-corrected chi connectivity index (χ0v) is 14.9. The number of nitrogens with one attached hydrogen (secondary N) is 2. The second kappa shape index (κ2) is 9.11. The molecule has 1 atom stereocenters. The molecule has 0 saturated carbocycles. The molecule has 2 N–H and O–H groups in total. The van der Waals surface area contributed by atoms with Crippen LogP contribution in [0.25, 0.3) is 0 Å². The quantitative estimate of drug-likeness (QED) is 0.817. The molecule has 1 aromatic carbocycles. The molecule has 0 spiro atoms. The first-order valence-electron chi connectivity index (χ1n) is 7.89. The van der Waals surface area contributed by atoms with Crippen LogP contribution in [0.4, 0.5) is 9.52 Å². The summed E-state index contributed by atoms with van der Waals surface area (Å²) in [7, 11) is 0. The zero-order valence-electron chi connectivity index (χ0n) is 13.3. The lowest BCUT2D eigenvalue weighted by molar-refractivity contribution is -0.116. The summed E-state index contributed by atoms with van der Waals surface area (Å²) in [5.74, 6) is 0.411. The standard InChI is InChI=1S/C17H20FN3OS.ClH/c18-14-4-1-12(2-5-14)9-15-11-20-17(23-15)21-16(22)6-3-13-7-8-19-10-13;/h1-2,4-5,11,13,19H,3,6-10H2,(H,20,21,22);1H. The Morgan fingerprint density at radius 3 is 2.88 bits per heavy atom. The summed E-state index contributed by atoms with van der Waals surface area (Å²) < 4.78 is 12.9. The van der Waals surface area contributed by atoms with Crippen LogP contribution in [0.15, 0.2) is 30.5 Å². The third-order valence-corrected chi connectivity index (χ3v) is 4.95. The van der Waals surface area contributed by atoms with Crippen LogP contribution >= 0.6 is 23.7 Å². The molecule has 1 aromatic heterocycles. The summed E-state index contributed by atoms with van der Waals surface area (Å²) in [6.07, 6.45) is 5.09. The fourth-order valence-corrected chi connectivity index (χ4v) is 3.59. The van der Waals surface area contributed by atoms with E-state index in [-0.39, 0.29) is 24.1 Å². The van der Waals surface area contributed by atoms with Crippen molar-refractivity contribution in [3.63, 3.8) is 0 Å². The van der Waals surface area contributed by atoms with Gasteiger partial charge in [0.25, 0.3) is 0 Å². The lowest BCUT2D eigenvalue weighted by atomic mass is 10.0. The van der Waals surface area contributed by atoms with Crippen molar-refractivity contribution in [3.8, 4) is 0 Å². The van der Waals surface area contributed by atoms with Gasteiger partial charge in [-0.2, -0.15) is 0 Å². The number of hydrogen-bond donors (Lipinski definition) is 2. The molecule has 1 saturated heterocycles. The fraction of sp³-hybridized carbons (Fsp3) is 0.412. The number of hydrogen-bond acceptors (Lipinski definition) is 4. The van der Waals surface area contributed by atoms with Crippen molar-refractivity contribution in [3.05, 3.63) is 46.7 Å². The van der Waals surface area contributed by atoms with Gasteiger partial charge in [-0.1, -0.05) is 12.1 Å². The Morgan fingerprint density at radius 2 is 2.17 bits per heavy atom. The van der Waals surface area contributed by atoms with E-state index in [4.69, 9.17) is 0 Å². The number of carbonyl (C=O) groups is 1. The van der Waals surface area contributed by atoms with Crippen molar-refractivity contribution in [1.82, 2.24) is 10.3 Å². The maximum Gasteiger partial charge on any atom is 0.226 e. The van der Waals surface area contributed by atoms with E-state index in [1.54, 1.807) is 18.3 Å². The molecule has 7 heteroatoms. The van der Waals surface area contributed by atoms with E-state index in [0.717, 1.165) is 36.4 Å². The molecule has 3 rings (SSSR count). The highest BCUT2D eigenvalue weighted by Gasteiger charge is 2.16. The fourth-order valence-electron chi connectivity index (χ4n) is 2.73. The third-order valence-electron chi connectivity index (χ3n) is 4.03. The van der Waals surface area contributed by atoms with Gasteiger partial charge in [-0.3, -0.25) is 4.79 Å². The first kappa shape index (κ1) is 18.8. The molecule has 1 amide bonds. The Bertz CT molecular complexity index is 656. The van der Waals surface area contributed by atoms with Gasteiger partial charge in [0.1, 0.15) is 5.82 Å². The zero-order chi connectivity index (χ0) is 16.1. The van der Waals surface area contributed by atoms with E-state index >= 15 is 0 Å². The van der Waals surface area contributed by atoms with Crippen molar-refractivity contribution in [2.24, 2.45) is 5.92 Å². The Morgan fingerprint density at radius 1 is 1.38 bits per heavy atom. The average molecular weight is 370 g/mol. The highest BCUT2D eigenvalue weighted by molar-refractivity contribution is 7.15.